The Bertz CT molecular complexity index is 464. The zero-order valence-corrected chi connectivity index (χ0v) is 11.0. The number of aromatic amines is 1. The first-order chi connectivity index (χ1) is 8.70. The minimum atomic E-state index is 0.178. The molecule has 4 heteroatoms. The highest BCUT2D eigenvalue weighted by molar-refractivity contribution is 5.62. The smallest absolute Gasteiger partial charge is 0.0741 e. The number of aromatic nitrogens is 2. The topological polar surface area (TPSA) is 49.9 Å². The van der Waals surface area contributed by atoms with Crippen LogP contribution in [-0.2, 0) is 4.74 Å². The van der Waals surface area contributed by atoms with Crippen LogP contribution in [0.3, 0.4) is 0 Å². The number of hydrogen-bond acceptors (Lipinski definition) is 3. The van der Waals surface area contributed by atoms with E-state index in [1.807, 2.05) is 6.07 Å². The van der Waals surface area contributed by atoms with Gasteiger partial charge in [-0.3, -0.25) is 5.10 Å². The second-order valence-corrected chi connectivity index (χ2v) is 4.42. The van der Waals surface area contributed by atoms with Crippen molar-refractivity contribution in [1.29, 1.82) is 0 Å². The molecular weight excluding hydrogens is 226 g/mol. The van der Waals surface area contributed by atoms with E-state index in [-0.39, 0.29) is 12.1 Å². The molecule has 1 aromatic heterocycles. The van der Waals surface area contributed by atoms with E-state index < -0.39 is 0 Å². The van der Waals surface area contributed by atoms with Crippen LogP contribution in [0.25, 0.3) is 11.3 Å². The predicted octanol–water partition coefficient (Wildman–Crippen LogP) is 2.91. The summed E-state index contributed by atoms with van der Waals surface area (Å²) in [7, 11) is 1.73. The van der Waals surface area contributed by atoms with Gasteiger partial charge in [0.25, 0.3) is 0 Å². The van der Waals surface area contributed by atoms with Gasteiger partial charge in [-0.1, -0.05) is 12.1 Å². The first-order valence-electron chi connectivity index (χ1n) is 6.10. The first-order valence-corrected chi connectivity index (χ1v) is 6.10. The number of H-pyrrole nitrogens is 1. The fourth-order valence-electron chi connectivity index (χ4n) is 1.75. The molecule has 0 amide bonds. The summed E-state index contributed by atoms with van der Waals surface area (Å²) in [6, 6.07) is 10.5. The van der Waals surface area contributed by atoms with Crippen LogP contribution in [-0.4, -0.2) is 29.5 Å². The van der Waals surface area contributed by atoms with Crippen molar-refractivity contribution in [1.82, 2.24) is 10.2 Å². The van der Waals surface area contributed by atoms with E-state index in [1.54, 1.807) is 13.3 Å². The highest BCUT2D eigenvalue weighted by atomic mass is 16.5. The fraction of sp³-hybridized carbons (Fsp3) is 0.357. The monoisotopic (exact) mass is 245 g/mol. The quantitative estimate of drug-likeness (QED) is 0.851. The lowest BCUT2D eigenvalue weighted by Crippen LogP contribution is -2.29. The third-order valence-corrected chi connectivity index (χ3v) is 3.17. The van der Waals surface area contributed by atoms with Gasteiger partial charge < -0.3 is 10.1 Å². The van der Waals surface area contributed by atoms with Crippen LogP contribution in [0.5, 0.6) is 0 Å². The molecule has 0 spiro atoms. The van der Waals surface area contributed by atoms with Gasteiger partial charge in [-0.15, -0.1) is 0 Å². The van der Waals surface area contributed by atoms with Crippen molar-refractivity contribution in [3.05, 3.63) is 36.5 Å². The van der Waals surface area contributed by atoms with Crippen LogP contribution >= 0.6 is 0 Å². The van der Waals surface area contributed by atoms with Gasteiger partial charge in [0, 0.05) is 25.0 Å². The average molecular weight is 245 g/mol. The minimum absolute atomic E-state index is 0.178. The van der Waals surface area contributed by atoms with Crippen LogP contribution in [0.1, 0.15) is 13.8 Å². The molecule has 1 heterocycles. The molecule has 2 N–H and O–H groups in total. The summed E-state index contributed by atoms with van der Waals surface area (Å²) in [5.74, 6) is 0. The third kappa shape index (κ3) is 2.90. The molecule has 0 aliphatic carbocycles. The fourth-order valence-corrected chi connectivity index (χ4v) is 1.75. The predicted molar refractivity (Wildman–Crippen MR) is 73.6 cm³/mol. The van der Waals surface area contributed by atoms with E-state index in [0.29, 0.717) is 0 Å². The molecule has 2 unspecified atom stereocenters. The van der Waals surface area contributed by atoms with Gasteiger partial charge in [0.05, 0.1) is 11.8 Å². The Morgan fingerprint density at radius 1 is 1.17 bits per heavy atom. The zero-order chi connectivity index (χ0) is 13.0. The van der Waals surface area contributed by atoms with Gasteiger partial charge in [-0.25, -0.2) is 0 Å². The molecule has 0 saturated heterocycles. The Balaban J connectivity index is 2.04. The highest BCUT2D eigenvalue weighted by Gasteiger charge is 2.10. The Hall–Kier alpha value is -1.81. The highest BCUT2D eigenvalue weighted by Crippen LogP contribution is 2.19. The molecule has 0 bridgehead atoms. The van der Waals surface area contributed by atoms with Crippen molar-refractivity contribution < 1.29 is 4.74 Å². The summed E-state index contributed by atoms with van der Waals surface area (Å²) in [5.41, 5.74) is 3.25. The summed E-state index contributed by atoms with van der Waals surface area (Å²) < 4.78 is 5.29. The van der Waals surface area contributed by atoms with E-state index in [0.717, 1.165) is 16.9 Å². The van der Waals surface area contributed by atoms with Crippen LogP contribution in [0.2, 0.25) is 0 Å². The molecule has 0 fully saturated rings. The van der Waals surface area contributed by atoms with Gasteiger partial charge in [0.15, 0.2) is 0 Å². The summed E-state index contributed by atoms with van der Waals surface area (Å²) in [6.45, 7) is 4.16. The lowest BCUT2D eigenvalue weighted by molar-refractivity contribution is 0.106. The number of methoxy groups -OCH3 is 1. The normalized spacial score (nSPS) is 14.2. The summed E-state index contributed by atoms with van der Waals surface area (Å²) in [6.07, 6.45) is 1.93. The molecule has 1 aromatic carbocycles. The van der Waals surface area contributed by atoms with E-state index >= 15 is 0 Å². The van der Waals surface area contributed by atoms with E-state index in [4.69, 9.17) is 4.74 Å². The van der Waals surface area contributed by atoms with E-state index in [1.165, 1.54) is 0 Å². The van der Waals surface area contributed by atoms with Gasteiger partial charge in [0.1, 0.15) is 0 Å². The van der Waals surface area contributed by atoms with E-state index in [2.05, 4.69) is 53.6 Å². The van der Waals surface area contributed by atoms with Crippen molar-refractivity contribution in [2.45, 2.75) is 26.0 Å². The number of hydrogen-bond donors (Lipinski definition) is 2. The lowest BCUT2D eigenvalue weighted by Gasteiger charge is -2.21. The van der Waals surface area contributed by atoms with Crippen LogP contribution in [0, 0.1) is 0 Å². The van der Waals surface area contributed by atoms with Crippen molar-refractivity contribution in [3.8, 4) is 11.3 Å². The minimum Gasteiger partial charge on any atom is -0.380 e. The standard InChI is InChI=1S/C14H19N3O/c1-10(11(2)18-3)16-13-6-4-12(5-7-13)14-8-9-15-17-14/h4-11,16H,1-3H3,(H,15,17). The van der Waals surface area contributed by atoms with Gasteiger partial charge >= 0.3 is 0 Å². The molecule has 2 atom stereocenters. The Morgan fingerprint density at radius 2 is 1.89 bits per heavy atom. The largest absolute Gasteiger partial charge is 0.380 e. The van der Waals surface area contributed by atoms with Gasteiger partial charge in [-0.05, 0) is 37.6 Å². The van der Waals surface area contributed by atoms with E-state index in [9.17, 15) is 0 Å². The molecule has 0 aliphatic heterocycles. The maximum absolute atomic E-state index is 5.29. The number of benzene rings is 1. The molecule has 0 radical (unpaired) electrons. The first kappa shape index (κ1) is 12.6. The Kier molecular flexibility index (Phi) is 3.99. The molecule has 96 valence electrons. The maximum atomic E-state index is 5.29. The Morgan fingerprint density at radius 3 is 2.44 bits per heavy atom. The SMILES string of the molecule is COC(C)C(C)Nc1ccc(-c2ccn[nH]2)cc1. The number of ether oxygens (including phenoxy) is 1. The van der Waals surface area contributed by atoms with Crippen molar-refractivity contribution in [2.75, 3.05) is 12.4 Å². The van der Waals surface area contributed by atoms with Gasteiger partial charge in [-0.2, -0.15) is 5.10 Å². The molecule has 4 nitrogen and oxygen atoms in total. The summed E-state index contributed by atoms with van der Waals surface area (Å²) >= 11 is 0. The molecule has 2 rings (SSSR count). The third-order valence-electron chi connectivity index (χ3n) is 3.17. The molecule has 0 aliphatic rings. The second-order valence-electron chi connectivity index (χ2n) is 4.42. The second kappa shape index (κ2) is 5.69. The number of nitrogens with one attached hydrogen (secondary N) is 2. The molecular formula is C14H19N3O. The van der Waals surface area contributed by atoms with Crippen molar-refractivity contribution in [2.24, 2.45) is 0 Å². The molecule has 18 heavy (non-hydrogen) atoms. The van der Waals surface area contributed by atoms with Gasteiger partial charge in [0.2, 0.25) is 0 Å². The van der Waals surface area contributed by atoms with Crippen LogP contribution in [0.4, 0.5) is 5.69 Å². The summed E-state index contributed by atoms with van der Waals surface area (Å²) in [5, 5.41) is 10.3. The van der Waals surface area contributed by atoms with Crippen molar-refractivity contribution >= 4 is 5.69 Å². The van der Waals surface area contributed by atoms with Crippen LogP contribution in [0.15, 0.2) is 36.5 Å². The lowest BCUT2D eigenvalue weighted by atomic mass is 10.1. The van der Waals surface area contributed by atoms with Crippen molar-refractivity contribution in [3.63, 3.8) is 0 Å². The Labute approximate surface area is 107 Å². The molecule has 0 saturated carbocycles. The molecule has 2 aromatic rings. The average Bonchev–Trinajstić information content (AvgIpc) is 2.92. The summed E-state index contributed by atoms with van der Waals surface area (Å²) in [4.78, 5) is 0. The maximum Gasteiger partial charge on any atom is 0.0741 e. The number of nitrogens with zero attached hydrogens (tertiary/aromatic N) is 1. The zero-order valence-electron chi connectivity index (χ0n) is 11.0. The van der Waals surface area contributed by atoms with Crippen LogP contribution < -0.4 is 5.32 Å². The number of anilines is 1. The number of rotatable bonds is 5.